The topological polar surface area (TPSA) is 31.4 Å². The Kier molecular flexibility index (Phi) is 5.87. The van der Waals surface area contributed by atoms with Gasteiger partial charge in [-0.15, -0.1) is 0 Å². The predicted octanol–water partition coefficient (Wildman–Crippen LogP) is 6.26. The molecule has 0 saturated heterocycles. The van der Waals surface area contributed by atoms with Crippen LogP contribution in [-0.2, 0) is 6.42 Å². The zero-order valence-electron chi connectivity index (χ0n) is 16.4. The zero-order chi connectivity index (χ0) is 19.9. The van der Waals surface area contributed by atoms with E-state index in [9.17, 15) is 0 Å². The Balaban J connectivity index is 1.73. The molecule has 1 aromatic heterocycles. The van der Waals surface area contributed by atoms with Gasteiger partial charge in [-0.05, 0) is 59.5 Å². The van der Waals surface area contributed by atoms with Crippen molar-refractivity contribution in [2.45, 2.75) is 12.3 Å². The number of rotatable bonds is 7. The molecule has 0 saturated carbocycles. The molecule has 0 aliphatic carbocycles. The van der Waals surface area contributed by atoms with E-state index in [2.05, 4.69) is 53.5 Å². The molecule has 0 aliphatic rings. The fourth-order valence-corrected chi connectivity index (χ4v) is 3.47. The van der Waals surface area contributed by atoms with E-state index in [1.807, 2.05) is 54.9 Å². The summed E-state index contributed by atoms with van der Waals surface area (Å²) in [4.78, 5) is 4.15. The van der Waals surface area contributed by atoms with Gasteiger partial charge < -0.3 is 9.47 Å². The number of pyridine rings is 1. The molecule has 4 rings (SSSR count). The third-order valence-electron chi connectivity index (χ3n) is 4.95. The van der Waals surface area contributed by atoms with Gasteiger partial charge in [0, 0.05) is 18.3 Å². The van der Waals surface area contributed by atoms with Gasteiger partial charge in [-0.1, -0.05) is 54.6 Å². The van der Waals surface area contributed by atoms with Crippen LogP contribution < -0.4 is 9.47 Å². The van der Waals surface area contributed by atoms with Crippen LogP contribution in [0.25, 0.3) is 0 Å². The summed E-state index contributed by atoms with van der Waals surface area (Å²) in [5.74, 6) is 2.41. The van der Waals surface area contributed by atoms with E-state index in [0.29, 0.717) is 11.5 Å². The van der Waals surface area contributed by atoms with Gasteiger partial charge in [0.2, 0.25) is 0 Å². The lowest BCUT2D eigenvalue weighted by molar-refractivity contribution is 0.378. The molecule has 3 aromatic carbocycles. The number of aromatic nitrogens is 1. The Labute approximate surface area is 171 Å². The first-order valence-corrected chi connectivity index (χ1v) is 9.68. The van der Waals surface area contributed by atoms with Crippen molar-refractivity contribution >= 4 is 0 Å². The monoisotopic (exact) mass is 381 g/mol. The molecule has 144 valence electrons. The average molecular weight is 381 g/mol. The molecular weight excluding hydrogens is 358 g/mol. The van der Waals surface area contributed by atoms with E-state index in [-0.39, 0.29) is 5.92 Å². The standard InChI is InChI=1S/C26H23NO2/c1-28-25-13-12-22(19-26(25)29-23-10-6-3-7-11-23)24(21-8-4-2-5-9-21)18-20-14-16-27-17-15-20/h2-17,19,24H,18H2,1H3. The van der Waals surface area contributed by atoms with Gasteiger partial charge in [0.1, 0.15) is 5.75 Å². The van der Waals surface area contributed by atoms with Crippen LogP contribution in [0, 0.1) is 0 Å². The molecule has 0 spiro atoms. The highest BCUT2D eigenvalue weighted by molar-refractivity contribution is 5.48. The van der Waals surface area contributed by atoms with E-state index in [1.54, 1.807) is 7.11 Å². The lowest BCUT2D eigenvalue weighted by Crippen LogP contribution is -2.06. The number of hydrogen-bond donors (Lipinski definition) is 0. The summed E-state index contributed by atoms with van der Waals surface area (Å²) >= 11 is 0. The Morgan fingerprint density at radius 3 is 2.10 bits per heavy atom. The fourth-order valence-electron chi connectivity index (χ4n) is 3.47. The van der Waals surface area contributed by atoms with E-state index < -0.39 is 0 Å². The molecule has 0 bridgehead atoms. The molecule has 0 fully saturated rings. The minimum Gasteiger partial charge on any atom is -0.493 e. The quantitative estimate of drug-likeness (QED) is 0.379. The summed E-state index contributed by atoms with van der Waals surface area (Å²) in [6, 6.07) is 30.7. The zero-order valence-corrected chi connectivity index (χ0v) is 16.4. The number of hydrogen-bond acceptors (Lipinski definition) is 3. The van der Waals surface area contributed by atoms with E-state index in [0.717, 1.165) is 12.2 Å². The molecule has 1 heterocycles. The summed E-state index contributed by atoms with van der Waals surface area (Å²) in [5.41, 5.74) is 3.69. The van der Waals surface area contributed by atoms with Crippen LogP contribution in [0.4, 0.5) is 0 Å². The first-order valence-electron chi connectivity index (χ1n) is 9.68. The summed E-state index contributed by atoms with van der Waals surface area (Å²) in [6.07, 6.45) is 4.56. The van der Waals surface area contributed by atoms with Crippen LogP contribution >= 0.6 is 0 Å². The SMILES string of the molecule is COc1ccc(C(Cc2ccncc2)c2ccccc2)cc1Oc1ccccc1. The van der Waals surface area contributed by atoms with Crippen molar-refractivity contribution < 1.29 is 9.47 Å². The summed E-state index contributed by atoms with van der Waals surface area (Å²) in [7, 11) is 1.67. The lowest BCUT2D eigenvalue weighted by atomic mass is 9.86. The van der Waals surface area contributed by atoms with Crippen LogP contribution in [0.5, 0.6) is 17.2 Å². The number of nitrogens with zero attached hydrogens (tertiary/aromatic N) is 1. The first kappa shape index (κ1) is 18.8. The minimum atomic E-state index is 0.197. The van der Waals surface area contributed by atoms with Crippen molar-refractivity contribution in [1.29, 1.82) is 0 Å². The van der Waals surface area contributed by atoms with Gasteiger partial charge in [0.15, 0.2) is 11.5 Å². The van der Waals surface area contributed by atoms with E-state index >= 15 is 0 Å². The maximum atomic E-state index is 6.14. The third-order valence-corrected chi connectivity index (χ3v) is 4.95. The van der Waals surface area contributed by atoms with Gasteiger partial charge in [-0.3, -0.25) is 4.98 Å². The maximum absolute atomic E-state index is 6.14. The average Bonchev–Trinajstić information content (AvgIpc) is 2.79. The molecular formula is C26H23NO2. The molecule has 4 aromatic rings. The minimum absolute atomic E-state index is 0.197. The maximum Gasteiger partial charge on any atom is 0.169 e. The fraction of sp³-hybridized carbons (Fsp3) is 0.115. The highest BCUT2D eigenvalue weighted by Gasteiger charge is 2.18. The molecule has 1 atom stereocenters. The van der Waals surface area contributed by atoms with Gasteiger partial charge in [-0.25, -0.2) is 0 Å². The number of methoxy groups -OCH3 is 1. The van der Waals surface area contributed by atoms with Crippen molar-refractivity contribution in [3.05, 3.63) is 120 Å². The van der Waals surface area contributed by atoms with E-state index in [4.69, 9.17) is 9.47 Å². The lowest BCUT2D eigenvalue weighted by Gasteiger charge is -2.20. The van der Waals surface area contributed by atoms with Crippen LogP contribution in [0.1, 0.15) is 22.6 Å². The number of benzene rings is 3. The second-order valence-electron chi connectivity index (χ2n) is 6.85. The van der Waals surface area contributed by atoms with Crippen molar-refractivity contribution in [3.8, 4) is 17.2 Å². The van der Waals surface area contributed by atoms with Crippen LogP contribution in [0.2, 0.25) is 0 Å². The predicted molar refractivity (Wildman–Crippen MR) is 116 cm³/mol. The Bertz CT molecular complexity index is 1030. The van der Waals surface area contributed by atoms with Gasteiger partial charge in [0.25, 0.3) is 0 Å². The first-order chi connectivity index (χ1) is 14.3. The Morgan fingerprint density at radius 1 is 0.724 bits per heavy atom. The molecule has 0 amide bonds. The molecule has 3 nitrogen and oxygen atoms in total. The van der Waals surface area contributed by atoms with Gasteiger partial charge in [0.05, 0.1) is 7.11 Å². The van der Waals surface area contributed by atoms with Crippen molar-refractivity contribution in [2.24, 2.45) is 0 Å². The number of para-hydroxylation sites is 1. The summed E-state index contributed by atoms with van der Waals surface area (Å²) in [5, 5.41) is 0. The third kappa shape index (κ3) is 4.64. The van der Waals surface area contributed by atoms with Crippen molar-refractivity contribution in [1.82, 2.24) is 4.98 Å². The van der Waals surface area contributed by atoms with Gasteiger partial charge >= 0.3 is 0 Å². The molecule has 0 aliphatic heterocycles. The molecule has 3 heteroatoms. The van der Waals surface area contributed by atoms with Crippen LogP contribution in [-0.4, -0.2) is 12.1 Å². The second kappa shape index (κ2) is 9.07. The Morgan fingerprint density at radius 2 is 1.41 bits per heavy atom. The molecule has 0 N–H and O–H groups in total. The van der Waals surface area contributed by atoms with Crippen LogP contribution in [0.3, 0.4) is 0 Å². The highest BCUT2D eigenvalue weighted by Crippen LogP contribution is 2.37. The summed E-state index contributed by atoms with van der Waals surface area (Å²) in [6.45, 7) is 0. The van der Waals surface area contributed by atoms with Crippen molar-refractivity contribution in [2.75, 3.05) is 7.11 Å². The summed E-state index contributed by atoms with van der Waals surface area (Å²) < 4.78 is 11.7. The van der Waals surface area contributed by atoms with Gasteiger partial charge in [-0.2, -0.15) is 0 Å². The van der Waals surface area contributed by atoms with E-state index in [1.165, 1.54) is 16.7 Å². The smallest absolute Gasteiger partial charge is 0.169 e. The highest BCUT2D eigenvalue weighted by atomic mass is 16.5. The molecule has 0 radical (unpaired) electrons. The number of ether oxygens (including phenoxy) is 2. The molecule has 1 unspecified atom stereocenters. The van der Waals surface area contributed by atoms with Crippen LogP contribution in [0.15, 0.2) is 103 Å². The molecule has 29 heavy (non-hydrogen) atoms. The normalized spacial score (nSPS) is 11.6. The largest absolute Gasteiger partial charge is 0.493 e. The van der Waals surface area contributed by atoms with Crippen molar-refractivity contribution in [3.63, 3.8) is 0 Å². The Hall–Kier alpha value is -3.59. The second-order valence-corrected chi connectivity index (χ2v) is 6.85.